The number of anilines is 3. The van der Waals surface area contributed by atoms with Crippen molar-refractivity contribution in [3.63, 3.8) is 0 Å². The molecule has 2 fully saturated rings. The van der Waals surface area contributed by atoms with Crippen molar-refractivity contribution in [2.45, 2.75) is 44.6 Å². The van der Waals surface area contributed by atoms with Crippen molar-refractivity contribution in [3.8, 4) is 5.88 Å². The van der Waals surface area contributed by atoms with Gasteiger partial charge in [-0.2, -0.15) is 9.97 Å². The Balaban J connectivity index is 1.50. The number of ether oxygens (including phenoxy) is 1. The minimum Gasteiger partial charge on any atom is -0.478 e. The Kier molecular flexibility index (Phi) is 6.71. The van der Waals surface area contributed by atoms with Gasteiger partial charge in [0.05, 0.1) is 38.3 Å². The molecule has 0 unspecified atom stereocenters. The summed E-state index contributed by atoms with van der Waals surface area (Å²) >= 11 is 0. The number of carbonyl (C=O) groups is 1. The van der Waals surface area contributed by atoms with E-state index in [0.717, 1.165) is 25.6 Å². The molecule has 2 N–H and O–H groups in total. The first-order valence-electron chi connectivity index (χ1n) is 12.4. The van der Waals surface area contributed by atoms with E-state index >= 15 is 0 Å². The van der Waals surface area contributed by atoms with Crippen LogP contribution in [0.1, 0.15) is 32.4 Å². The summed E-state index contributed by atoms with van der Waals surface area (Å²) in [6.45, 7) is 9.73. The smallest absolute Gasteiger partial charge is 0.256 e. The van der Waals surface area contributed by atoms with E-state index in [4.69, 9.17) is 14.7 Å². The molecule has 12 nitrogen and oxygen atoms in total. The number of fused-ring (bicyclic) bond motifs is 1. The number of imidazole rings is 1. The molecule has 0 aliphatic carbocycles. The van der Waals surface area contributed by atoms with Crippen LogP contribution in [-0.2, 0) is 4.79 Å². The fourth-order valence-corrected chi connectivity index (χ4v) is 4.87. The lowest BCUT2D eigenvalue weighted by Gasteiger charge is -2.18. The van der Waals surface area contributed by atoms with E-state index in [1.54, 1.807) is 18.3 Å². The van der Waals surface area contributed by atoms with Crippen LogP contribution in [0, 0.1) is 0 Å². The quantitative estimate of drug-likeness (QED) is 0.437. The Bertz CT molecular complexity index is 1300. The molecule has 5 rings (SSSR count). The van der Waals surface area contributed by atoms with Crippen LogP contribution in [0.15, 0.2) is 25.2 Å². The molecule has 0 saturated carbocycles. The van der Waals surface area contributed by atoms with Gasteiger partial charge < -0.3 is 29.7 Å². The second-order valence-electron chi connectivity index (χ2n) is 9.89. The van der Waals surface area contributed by atoms with Gasteiger partial charge in [0.1, 0.15) is 11.9 Å². The summed E-state index contributed by atoms with van der Waals surface area (Å²) in [6.07, 6.45) is 4.52. The summed E-state index contributed by atoms with van der Waals surface area (Å²) in [5.74, 6) is 0.848. The summed E-state index contributed by atoms with van der Waals surface area (Å²) in [4.78, 5) is 29.8. The maximum Gasteiger partial charge on any atom is 0.256 e. The van der Waals surface area contributed by atoms with Gasteiger partial charge in [-0.15, -0.1) is 5.10 Å². The number of hydrogen-bond donors (Lipinski definition) is 2. The number of nitrogens with one attached hydrogen (secondary N) is 2. The predicted octanol–water partition coefficient (Wildman–Crippen LogP) is 2.06. The second-order valence-corrected chi connectivity index (χ2v) is 9.89. The fraction of sp³-hybridized carbons (Fsp3) is 0.542. The number of likely N-dealkylation sites (N-methyl/N-ethyl adjacent to an activating group) is 1. The van der Waals surface area contributed by atoms with Crippen LogP contribution >= 0.6 is 0 Å². The van der Waals surface area contributed by atoms with Gasteiger partial charge in [0, 0.05) is 19.1 Å². The Labute approximate surface area is 214 Å². The highest BCUT2D eigenvalue weighted by Crippen LogP contribution is 2.33. The molecular formula is C24H33FN10O2. The van der Waals surface area contributed by atoms with Crippen molar-refractivity contribution in [3.05, 3.63) is 25.2 Å². The molecule has 3 atom stereocenters. The first-order valence-corrected chi connectivity index (χ1v) is 12.4. The summed E-state index contributed by atoms with van der Waals surface area (Å²) < 4.78 is 24.2. The zero-order chi connectivity index (χ0) is 26.3. The molecule has 13 heteroatoms. The van der Waals surface area contributed by atoms with E-state index in [0.29, 0.717) is 34.5 Å². The van der Waals surface area contributed by atoms with E-state index in [1.807, 2.05) is 29.3 Å². The summed E-state index contributed by atoms with van der Waals surface area (Å²) in [6, 6.07) is -0.326. The van der Waals surface area contributed by atoms with Crippen LogP contribution in [0.3, 0.4) is 0 Å². The SMILES string of the molecule is C=CC(=O)N[C@@H]1CN(c2nc(Nc3cn([C@@H]4CCN(C)C4)nc3OC)c3ncn(C(C)C)c3n2)C[C@H]1F. The van der Waals surface area contributed by atoms with Gasteiger partial charge in [-0.25, -0.2) is 9.37 Å². The maximum atomic E-state index is 14.8. The average Bonchev–Trinajstić information content (AvgIpc) is 3.65. The van der Waals surface area contributed by atoms with Crippen molar-refractivity contribution in [1.82, 2.24) is 39.5 Å². The van der Waals surface area contributed by atoms with Gasteiger partial charge in [-0.05, 0) is 39.9 Å². The van der Waals surface area contributed by atoms with Crippen molar-refractivity contribution in [2.75, 3.05) is 50.6 Å². The highest BCUT2D eigenvalue weighted by Gasteiger charge is 2.35. The molecular weight excluding hydrogens is 479 g/mol. The van der Waals surface area contributed by atoms with Crippen LogP contribution in [0.4, 0.5) is 21.8 Å². The van der Waals surface area contributed by atoms with E-state index in [1.165, 1.54) is 0 Å². The van der Waals surface area contributed by atoms with E-state index < -0.39 is 18.1 Å². The topological polar surface area (TPSA) is 118 Å². The van der Waals surface area contributed by atoms with E-state index in [9.17, 15) is 9.18 Å². The zero-order valence-electron chi connectivity index (χ0n) is 21.6. The molecule has 198 valence electrons. The van der Waals surface area contributed by atoms with Crippen molar-refractivity contribution in [2.24, 2.45) is 0 Å². The minimum atomic E-state index is -1.27. The third-order valence-corrected chi connectivity index (χ3v) is 6.90. The first kappa shape index (κ1) is 24.9. The van der Waals surface area contributed by atoms with Gasteiger partial charge in [0.2, 0.25) is 11.9 Å². The van der Waals surface area contributed by atoms with Gasteiger partial charge in [-0.1, -0.05) is 6.58 Å². The summed E-state index contributed by atoms with van der Waals surface area (Å²) in [5, 5.41) is 10.6. The molecule has 2 aliphatic heterocycles. The van der Waals surface area contributed by atoms with Gasteiger partial charge in [0.25, 0.3) is 5.88 Å². The van der Waals surface area contributed by atoms with Crippen molar-refractivity contribution >= 4 is 34.5 Å². The summed E-state index contributed by atoms with van der Waals surface area (Å²) in [7, 11) is 3.67. The molecule has 0 aromatic carbocycles. The van der Waals surface area contributed by atoms with Crippen molar-refractivity contribution in [1.29, 1.82) is 0 Å². The molecule has 2 saturated heterocycles. The number of hydrogen-bond acceptors (Lipinski definition) is 9. The average molecular weight is 513 g/mol. The van der Waals surface area contributed by atoms with E-state index in [2.05, 4.69) is 39.2 Å². The number of amides is 1. The van der Waals surface area contributed by atoms with Gasteiger partial charge in [-0.3, -0.25) is 9.48 Å². The second kappa shape index (κ2) is 9.96. The number of nitrogens with zero attached hydrogens (tertiary/aromatic N) is 8. The monoisotopic (exact) mass is 512 g/mol. The van der Waals surface area contributed by atoms with Crippen LogP contribution in [-0.4, -0.2) is 92.7 Å². The molecule has 0 bridgehead atoms. The third kappa shape index (κ3) is 4.82. The summed E-state index contributed by atoms with van der Waals surface area (Å²) in [5.41, 5.74) is 1.86. The number of rotatable bonds is 8. The Morgan fingerprint density at radius 1 is 1.30 bits per heavy atom. The molecule has 3 aromatic rings. The zero-order valence-corrected chi connectivity index (χ0v) is 21.6. The number of methoxy groups -OCH3 is 1. The fourth-order valence-electron chi connectivity index (χ4n) is 4.87. The lowest BCUT2D eigenvalue weighted by Crippen LogP contribution is -2.40. The maximum absolute atomic E-state index is 14.8. The Hall–Kier alpha value is -3.74. The van der Waals surface area contributed by atoms with Crippen LogP contribution in [0.5, 0.6) is 5.88 Å². The molecule has 37 heavy (non-hydrogen) atoms. The Morgan fingerprint density at radius 2 is 2.11 bits per heavy atom. The molecule has 0 radical (unpaired) electrons. The molecule has 5 heterocycles. The Morgan fingerprint density at radius 3 is 2.78 bits per heavy atom. The number of aromatic nitrogens is 6. The van der Waals surface area contributed by atoms with Crippen molar-refractivity contribution < 1.29 is 13.9 Å². The number of carbonyl (C=O) groups excluding carboxylic acids is 1. The molecule has 1 amide bonds. The highest BCUT2D eigenvalue weighted by molar-refractivity contribution is 5.88. The minimum absolute atomic E-state index is 0.0549. The van der Waals surface area contributed by atoms with Gasteiger partial charge >= 0.3 is 0 Å². The standard InChI is InChI=1S/C24H33FN10O2/c1-6-19(36)27-17-11-33(10-16(17)25)24-29-21(20-22(30-24)34(13-26-20)14(2)3)28-18-12-35(31-23(18)37-5)15-7-8-32(4)9-15/h6,12-17H,1,7-11H2,2-5H3,(H,27,36)(H,28,29,30)/t15-,16-,17-/m1/s1. The van der Waals surface area contributed by atoms with Crippen LogP contribution in [0.2, 0.25) is 0 Å². The predicted molar refractivity (Wildman–Crippen MR) is 138 cm³/mol. The largest absolute Gasteiger partial charge is 0.478 e. The highest BCUT2D eigenvalue weighted by atomic mass is 19.1. The lowest BCUT2D eigenvalue weighted by atomic mass is 10.2. The molecule has 2 aliphatic rings. The first-order chi connectivity index (χ1) is 17.8. The number of likely N-dealkylation sites (tertiary alicyclic amines) is 1. The molecule has 0 spiro atoms. The number of halogens is 1. The lowest BCUT2D eigenvalue weighted by molar-refractivity contribution is -0.117. The van der Waals surface area contributed by atoms with E-state index in [-0.39, 0.29) is 25.2 Å². The molecule has 3 aromatic heterocycles. The van der Waals surface area contributed by atoms with Crippen LogP contribution in [0.25, 0.3) is 11.2 Å². The van der Waals surface area contributed by atoms with Crippen LogP contribution < -0.4 is 20.3 Å². The number of alkyl halides is 1. The third-order valence-electron chi connectivity index (χ3n) is 6.90. The van der Waals surface area contributed by atoms with Gasteiger partial charge in [0.15, 0.2) is 17.0 Å². The normalized spacial score (nSPS) is 22.2.